The molecule has 2 aromatic heterocycles. The first-order valence-corrected chi connectivity index (χ1v) is 10.4. The van der Waals surface area contributed by atoms with E-state index in [1.807, 2.05) is 25.1 Å². The molecule has 7 nitrogen and oxygen atoms in total. The van der Waals surface area contributed by atoms with Crippen molar-refractivity contribution < 1.29 is 9.63 Å². The zero-order valence-electron chi connectivity index (χ0n) is 16.6. The summed E-state index contributed by atoms with van der Waals surface area (Å²) in [5, 5.41) is 23.3. The van der Waals surface area contributed by atoms with E-state index in [4.69, 9.17) is 10.3 Å². The van der Waals surface area contributed by atoms with Gasteiger partial charge in [-0.3, -0.25) is 0 Å². The Kier molecular flexibility index (Phi) is 6.53. The largest absolute Gasteiger partial charge is 0.394 e. The van der Waals surface area contributed by atoms with Gasteiger partial charge in [-0.15, -0.1) is 10.2 Å². The summed E-state index contributed by atoms with van der Waals surface area (Å²) in [5.41, 5.74) is 8.09. The highest BCUT2D eigenvalue weighted by molar-refractivity contribution is 7.14. The molecular formula is C20H27N5O2S. The maximum absolute atomic E-state index is 9.42. The summed E-state index contributed by atoms with van der Waals surface area (Å²) in [5.74, 6) is 1.29. The van der Waals surface area contributed by atoms with Crippen LogP contribution in [-0.4, -0.2) is 32.1 Å². The average molecular weight is 402 g/mol. The minimum absolute atomic E-state index is 0.182. The number of aryl methyl sites for hydroxylation is 2. The van der Waals surface area contributed by atoms with Crippen molar-refractivity contribution in [3.8, 4) is 22.0 Å². The Morgan fingerprint density at radius 3 is 2.75 bits per heavy atom. The smallest absolute Gasteiger partial charge is 0.226 e. The summed E-state index contributed by atoms with van der Waals surface area (Å²) in [6.07, 6.45) is 5.52. The number of aromatic nitrogens is 4. The van der Waals surface area contributed by atoms with Crippen molar-refractivity contribution in [3.05, 3.63) is 34.7 Å². The second kappa shape index (κ2) is 8.89. The van der Waals surface area contributed by atoms with Crippen LogP contribution in [0.5, 0.6) is 0 Å². The lowest BCUT2D eigenvalue weighted by molar-refractivity contribution is 0.209. The Hall–Kier alpha value is -2.16. The minimum Gasteiger partial charge on any atom is -0.394 e. The van der Waals surface area contributed by atoms with Crippen molar-refractivity contribution in [1.82, 2.24) is 20.3 Å². The van der Waals surface area contributed by atoms with Gasteiger partial charge in [0.1, 0.15) is 10.0 Å². The molecule has 2 heterocycles. The van der Waals surface area contributed by atoms with E-state index >= 15 is 0 Å². The lowest BCUT2D eigenvalue weighted by atomic mass is 10.1. The van der Waals surface area contributed by atoms with Crippen LogP contribution in [0, 0.1) is 6.92 Å². The predicted molar refractivity (Wildman–Crippen MR) is 110 cm³/mol. The van der Waals surface area contributed by atoms with Gasteiger partial charge in [0, 0.05) is 17.5 Å². The van der Waals surface area contributed by atoms with Crippen LogP contribution in [0.1, 0.15) is 56.0 Å². The number of hydrogen-bond acceptors (Lipinski definition) is 8. The number of nitrogens with two attached hydrogens (primary N) is 1. The molecule has 3 rings (SSSR count). The first kappa shape index (κ1) is 20.6. The summed E-state index contributed by atoms with van der Waals surface area (Å²) < 4.78 is 5.39. The van der Waals surface area contributed by atoms with Crippen LogP contribution in [0.25, 0.3) is 22.0 Å². The Labute approximate surface area is 169 Å². The van der Waals surface area contributed by atoms with E-state index < -0.39 is 5.54 Å². The number of hydrogen-bond donors (Lipinski definition) is 2. The van der Waals surface area contributed by atoms with Gasteiger partial charge in [-0.05, 0) is 31.9 Å². The molecule has 28 heavy (non-hydrogen) atoms. The van der Waals surface area contributed by atoms with E-state index in [1.165, 1.54) is 30.6 Å². The lowest BCUT2D eigenvalue weighted by Gasteiger charge is -2.16. The zero-order valence-corrected chi connectivity index (χ0v) is 17.4. The Morgan fingerprint density at radius 2 is 2.04 bits per heavy atom. The highest BCUT2D eigenvalue weighted by atomic mass is 32.1. The second-order valence-corrected chi connectivity index (χ2v) is 8.32. The predicted octanol–water partition coefficient (Wildman–Crippen LogP) is 3.85. The van der Waals surface area contributed by atoms with Crippen LogP contribution in [-0.2, 0) is 12.0 Å². The Bertz CT molecular complexity index is 919. The third kappa shape index (κ3) is 4.63. The topological polar surface area (TPSA) is 111 Å². The summed E-state index contributed by atoms with van der Waals surface area (Å²) >= 11 is 1.39. The van der Waals surface area contributed by atoms with Gasteiger partial charge in [0.15, 0.2) is 0 Å². The van der Waals surface area contributed by atoms with E-state index in [2.05, 4.69) is 27.3 Å². The third-order valence-electron chi connectivity index (χ3n) is 4.67. The first-order chi connectivity index (χ1) is 13.4. The standard InChI is InChI=1S/C20H27N5O2S/c1-4-5-6-7-8-16-22-17(25-27-16)14-9-10-15(13(2)11-14)18-23-24-19(28-18)20(3,21)12-26/h9-11,26H,4-8,12,21H2,1-3H3/t20-/m0/s1. The van der Waals surface area contributed by atoms with E-state index in [0.717, 1.165) is 34.5 Å². The van der Waals surface area contributed by atoms with Crippen LogP contribution in [0.4, 0.5) is 0 Å². The van der Waals surface area contributed by atoms with Gasteiger partial charge < -0.3 is 15.4 Å². The van der Waals surface area contributed by atoms with Crippen LogP contribution < -0.4 is 5.73 Å². The number of aliphatic hydroxyl groups is 1. The van der Waals surface area contributed by atoms with Crippen molar-refractivity contribution in [2.45, 2.75) is 58.4 Å². The number of aliphatic hydroxyl groups excluding tert-OH is 1. The molecule has 8 heteroatoms. The monoisotopic (exact) mass is 401 g/mol. The van der Waals surface area contributed by atoms with Crippen LogP contribution in [0.15, 0.2) is 22.7 Å². The van der Waals surface area contributed by atoms with Crippen LogP contribution >= 0.6 is 11.3 Å². The first-order valence-electron chi connectivity index (χ1n) is 9.62. The summed E-state index contributed by atoms with van der Waals surface area (Å²) in [6.45, 7) is 5.77. The molecule has 0 saturated heterocycles. The average Bonchev–Trinajstić information content (AvgIpc) is 3.35. The molecule has 1 aromatic carbocycles. The molecule has 0 aliphatic heterocycles. The number of unbranched alkanes of at least 4 members (excludes halogenated alkanes) is 3. The quantitative estimate of drug-likeness (QED) is 0.524. The fourth-order valence-electron chi connectivity index (χ4n) is 2.85. The normalized spacial score (nSPS) is 13.6. The number of nitrogens with zero attached hydrogens (tertiary/aromatic N) is 4. The molecule has 3 aromatic rings. The SMILES string of the molecule is CCCCCCc1nc(-c2ccc(-c3nnc([C@@](C)(N)CO)s3)c(C)c2)no1. The van der Waals surface area contributed by atoms with Crippen molar-refractivity contribution >= 4 is 11.3 Å². The van der Waals surface area contributed by atoms with Crippen molar-refractivity contribution in [3.63, 3.8) is 0 Å². The van der Waals surface area contributed by atoms with Gasteiger partial charge in [-0.25, -0.2) is 0 Å². The molecule has 0 radical (unpaired) electrons. The van der Waals surface area contributed by atoms with Gasteiger partial charge >= 0.3 is 0 Å². The van der Waals surface area contributed by atoms with E-state index in [1.54, 1.807) is 6.92 Å². The molecule has 1 atom stereocenters. The number of rotatable bonds is 9. The highest BCUT2D eigenvalue weighted by Crippen LogP contribution is 2.32. The molecule has 0 bridgehead atoms. The third-order valence-corrected chi connectivity index (χ3v) is 5.91. The highest BCUT2D eigenvalue weighted by Gasteiger charge is 2.25. The van der Waals surface area contributed by atoms with E-state index in [9.17, 15) is 5.11 Å². The maximum atomic E-state index is 9.42. The maximum Gasteiger partial charge on any atom is 0.226 e. The van der Waals surface area contributed by atoms with Gasteiger partial charge in [0.2, 0.25) is 11.7 Å². The fourth-order valence-corrected chi connectivity index (χ4v) is 3.83. The Balaban J connectivity index is 1.75. The second-order valence-electron chi connectivity index (χ2n) is 7.34. The van der Waals surface area contributed by atoms with Gasteiger partial charge in [-0.2, -0.15) is 4.98 Å². The molecular weight excluding hydrogens is 374 g/mol. The summed E-state index contributed by atoms with van der Waals surface area (Å²) in [4.78, 5) is 4.52. The molecule has 0 aliphatic rings. The van der Waals surface area contributed by atoms with Gasteiger partial charge in [-0.1, -0.05) is 54.8 Å². The molecule has 150 valence electrons. The summed E-state index contributed by atoms with van der Waals surface area (Å²) in [6, 6.07) is 5.97. The van der Waals surface area contributed by atoms with Gasteiger partial charge in [0.05, 0.1) is 12.1 Å². The minimum atomic E-state index is -0.887. The van der Waals surface area contributed by atoms with Crippen LogP contribution in [0.2, 0.25) is 0 Å². The molecule has 0 amide bonds. The van der Waals surface area contributed by atoms with Crippen molar-refractivity contribution in [1.29, 1.82) is 0 Å². The summed E-state index contributed by atoms with van der Waals surface area (Å²) in [7, 11) is 0. The molecule has 0 unspecified atom stereocenters. The molecule has 0 spiro atoms. The van der Waals surface area contributed by atoms with Crippen molar-refractivity contribution in [2.24, 2.45) is 5.73 Å². The van der Waals surface area contributed by atoms with Crippen LogP contribution in [0.3, 0.4) is 0 Å². The Morgan fingerprint density at radius 1 is 1.21 bits per heavy atom. The van der Waals surface area contributed by atoms with E-state index in [0.29, 0.717) is 16.7 Å². The molecule has 3 N–H and O–H groups in total. The lowest BCUT2D eigenvalue weighted by Crippen LogP contribution is -2.36. The van der Waals surface area contributed by atoms with Gasteiger partial charge in [0.25, 0.3) is 0 Å². The molecule has 0 aliphatic carbocycles. The van der Waals surface area contributed by atoms with Crippen molar-refractivity contribution in [2.75, 3.05) is 6.61 Å². The molecule has 0 saturated carbocycles. The molecule has 0 fully saturated rings. The number of benzene rings is 1. The zero-order chi connectivity index (χ0) is 20.1. The fraction of sp³-hybridized carbons (Fsp3) is 0.500. The van der Waals surface area contributed by atoms with E-state index in [-0.39, 0.29) is 6.61 Å².